The van der Waals surface area contributed by atoms with Crippen molar-refractivity contribution in [2.24, 2.45) is 5.73 Å². The van der Waals surface area contributed by atoms with Gasteiger partial charge in [0, 0.05) is 20.3 Å². The number of methoxy groups -OCH3 is 1. The van der Waals surface area contributed by atoms with Gasteiger partial charge in [-0.2, -0.15) is 11.8 Å². The van der Waals surface area contributed by atoms with Crippen LogP contribution in [-0.2, 0) is 9.53 Å². The topological polar surface area (TPSA) is 64.3 Å². The van der Waals surface area contributed by atoms with Crippen LogP contribution >= 0.6 is 11.8 Å². The number of carbonyl (C=O) groups is 1. The minimum Gasteiger partial charge on any atom is -0.385 e. The van der Waals surface area contributed by atoms with E-state index in [1.54, 1.807) is 18.9 Å². The normalized spacial score (nSPS) is 12.5. The van der Waals surface area contributed by atoms with Crippen molar-refractivity contribution in [1.29, 1.82) is 0 Å². The van der Waals surface area contributed by atoms with Crippen molar-refractivity contribution in [2.45, 2.75) is 25.3 Å². The highest BCUT2D eigenvalue weighted by atomic mass is 32.2. The maximum atomic E-state index is 11.4. The molecule has 90 valence electrons. The SMILES string of the molecule is COCCCC(N)C(=O)NCCCSC. The molecule has 0 aliphatic heterocycles. The van der Waals surface area contributed by atoms with Gasteiger partial charge in [0.05, 0.1) is 6.04 Å². The molecule has 0 aliphatic carbocycles. The number of nitrogens with two attached hydrogens (primary N) is 1. The van der Waals surface area contributed by atoms with Gasteiger partial charge in [-0.05, 0) is 31.3 Å². The van der Waals surface area contributed by atoms with Gasteiger partial charge >= 0.3 is 0 Å². The third-order valence-electron chi connectivity index (χ3n) is 2.02. The van der Waals surface area contributed by atoms with Crippen molar-refractivity contribution in [1.82, 2.24) is 5.32 Å². The fourth-order valence-corrected chi connectivity index (χ4v) is 1.57. The van der Waals surface area contributed by atoms with Gasteiger partial charge in [0.25, 0.3) is 0 Å². The highest BCUT2D eigenvalue weighted by Crippen LogP contribution is 1.96. The van der Waals surface area contributed by atoms with E-state index in [0.717, 1.165) is 25.1 Å². The van der Waals surface area contributed by atoms with E-state index in [-0.39, 0.29) is 5.91 Å². The van der Waals surface area contributed by atoms with E-state index in [0.29, 0.717) is 13.0 Å². The number of ether oxygens (including phenoxy) is 1. The van der Waals surface area contributed by atoms with E-state index in [2.05, 4.69) is 11.6 Å². The lowest BCUT2D eigenvalue weighted by molar-refractivity contribution is -0.122. The molecule has 0 saturated carbocycles. The summed E-state index contributed by atoms with van der Waals surface area (Å²) in [6.07, 6.45) is 4.56. The van der Waals surface area contributed by atoms with Crippen LogP contribution in [0.2, 0.25) is 0 Å². The maximum absolute atomic E-state index is 11.4. The number of amides is 1. The highest BCUT2D eigenvalue weighted by molar-refractivity contribution is 7.98. The summed E-state index contributed by atoms with van der Waals surface area (Å²) in [5, 5.41) is 2.83. The van der Waals surface area contributed by atoms with Gasteiger partial charge in [0.1, 0.15) is 0 Å². The third-order valence-corrected chi connectivity index (χ3v) is 2.72. The van der Waals surface area contributed by atoms with Gasteiger partial charge in [-0.3, -0.25) is 4.79 Å². The number of thioether (sulfide) groups is 1. The Morgan fingerprint density at radius 3 is 2.87 bits per heavy atom. The molecular weight excluding hydrogens is 212 g/mol. The number of nitrogens with one attached hydrogen (secondary N) is 1. The van der Waals surface area contributed by atoms with Crippen LogP contribution in [0.3, 0.4) is 0 Å². The van der Waals surface area contributed by atoms with Crippen LogP contribution < -0.4 is 11.1 Å². The van der Waals surface area contributed by atoms with Crippen LogP contribution in [0.1, 0.15) is 19.3 Å². The van der Waals surface area contributed by atoms with Gasteiger partial charge in [-0.25, -0.2) is 0 Å². The molecule has 0 aromatic rings. The average molecular weight is 234 g/mol. The van der Waals surface area contributed by atoms with Crippen molar-refractivity contribution in [3.8, 4) is 0 Å². The molecule has 0 rings (SSSR count). The molecule has 0 fully saturated rings. The second-order valence-electron chi connectivity index (χ2n) is 3.38. The van der Waals surface area contributed by atoms with E-state index in [9.17, 15) is 4.79 Å². The fraction of sp³-hybridized carbons (Fsp3) is 0.900. The number of hydrogen-bond donors (Lipinski definition) is 2. The van der Waals surface area contributed by atoms with Crippen LogP contribution in [0.4, 0.5) is 0 Å². The van der Waals surface area contributed by atoms with Crippen molar-refractivity contribution in [3.63, 3.8) is 0 Å². The second-order valence-corrected chi connectivity index (χ2v) is 4.36. The molecule has 1 unspecified atom stereocenters. The molecule has 1 amide bonds. The predicted octanol–water partition coefficient (Wildman–Crippen LogP) is 0.610. The van der Waals surface area contributed by atoms with Crippen molar-refractivity contribution < 1.29 is 9.53 Å². The first kappa shape index (κ1) is 14.7. The number of rotatable bonds is 9. The molecule has 1 atom stereocenters. The first-order valence-corrected chi connectivity index (χ1v) is 6.63. The number of hydrogen-bond acceptors (Lipinski definition) is 4. The summed E-state index contributed by atoms with van der Waals surface area (Å²) in [6.45, 7) is 1.38. The summed E-state index contributed by atoms with van der Waals surface area (Å²) in [6, 6.07) is -0.394. The number of carbonyl (C=O) groups excluding carboxylic acids is 1. The molecule has 0 aromatic carbocycles. The molecule has 0 bridgehead atoms. The monoisotopic (exact) mass is 234 g/mol. The first-order valence-electron chi connectivity index (χ1n) is 5.23. The molecule has 3 N–H and O–H groups in total. The summed E-state index contributed by atoms with van der Waals surface area (Å²) in [5.41, 5.74) is 5.70. The molecule has 4 nitrogen and oxygen atoms in total. The zero-order chi connectivity index (χ0) is 11.5. The largest absolute Gasteiger partial charge is 0.385 e. The van der Waals surface area contributed by atoms with E-state index < -0.39 is 6.04 Å². The maximum Gasteiger partial charge on any atom is 0.236 e. The first-order chi connectivity index (χ1) is 7.22. The lowest BCUT2D eigenvalue weighted by Gasteiger charge is -2.11. The Morgan fingerprint density at radius 1 is 1.53 bits per heavy atom. The zero-order valence-corrected chi connectivity index (χ0v) is 10.4. The highest BCUT2D eigenvalue weighted by Gasteiger charge is 2.11. The molecular formula is C10H22N2O2S. The van der Waals surface area contributed by atoms with Crippen LogP contribution in [0, 0.1) is 0 Å². The van der Waals surface area contributed by atoms with E-state index in [1.807, 2.05) is 0 Å². The van der Waals surface area contributed by atoms with E-state index in [4.69, 9.17) is 10.5 Å². The average Bonchev–Trinajstić information content (AvgIpc) is 2.24. The summed E-state index contributed by atoms with van der Waals surface area (Å²) < 4.78 is 4.90. The van der Waals surface area contributed by atoms with Gasteiger partial charge in [0.2, 0.25) is 5.91 Å². The lowest BCUT2D eigenvalue weighted by atomic mass is 10.1. The Hall–Kier alpha value is -0.260. The smallest absolute Gasteiger partial charge is 0.236 e. The zero-order valence-electron chi connectivity index (χ0n) is 9.62. The molecule has 0 aliphatic rings. The molecule has 0 radical (unpaired) electrons. The van der Waals surface area contributed by atoms with Crippen molar-refractivity contribution in [3.05, 3.63) is 0 Å². The Kier molecular flexibility index (Phi) is 10.1. The van der Waals surface area contributed by atoms with Crippen LogP contribution in [-0.4, -0.2) is 44.2 Å². The summed E-state index contributed by atoms with van der Waals surface area (Å²) in [7, 11) is 1.65. The molecule has 5 heteroatoms. The van der Waals surface area contributed by atoms with Crippen molar-refractivity contribution >= 4 is 17.7 Å². The Balaban J connectivity index is 3.42. The molecule has 0 aromatic heterocycles. The third kappa shape index (κ3) is 8.72. The molecule has 0 saturated heterocycles. The fourth-order valence-electron chi connectivity index (χ4n) is 1.14. The van der Waals surface area contributed by atoms with Gasteiger partial charge < -0.3 is 15.8 Å². The Labute approximate surface area is 96.3 Å². The Bertz CT molecular complexity index is 168. The summed E-state index contributed by atoms with van der Waals surface area (Å²) in [5.74, 6) is 1.02. The van der Waals surface area contributed by atoms with E-state index >= 15 is 0 Å². The molecule has 0 heterocycles. The van der Waals surface area contributed by atoms with Gasteiger partial charge in [0.15, 0.2) is 0 Å². The van der Waals surface area contributed by atoms with Crippen LogP contribution in [0.5, 0.6) is 0 Å². The lowest BCUT2D eigenvalue weighted by Crippen LogP contribution is -2.41. The van der Waals surface area contributed by atoms with Gasteiger partial charge in [-0.15, -0.1) is 0 Å². The summed E-state index contributed by atoms with van der Waals surface area (Å²) in [4.78, 5) is 11.4. The second kappa shape index (κ2) is 10.3. The van der Waals surface area contributed by atoms with Gasteiger partial charge in [-0.1, -0.05) is 0 Å². The Morgan fingerprint density at radius 2 is 2.27 bits per heavy atom. The quantitative estimate of drug-likeness (QED) is 0.574. The van der Waals surface area contributed by atoms with E-state index in [1.165, 1.54) is 0 Å². The standard InChI is InChI=1S/C10H22N2O2S/c1-14-7-3-5-9(11)10(13)12-6-4-8-15-2/h9H,3-8,11H2,1-2H3,(H,12,13). The van der Waals surface area contributed by atoms with Crippen molar-refractivity contribution in [2.75, 3.05) is 32.3 Å². The van der Waals surface area contributed by atoms with Crippen LogP contribution in [0.25, 0.3) is 0 Å². The molecule has 15 heavy (non-hydrogen) atoms. The summed E-state index contributed by atoms with van der Waals surface area (Å²) >= 11 is 1.78. The minimum absolute atomic E-state index is 0.0489. The minimum atomic E-state index is -0.394. The van der Waals surface area contributed by atoms with Crippen LogP contribution in [0.15, 0.2) is 0 Å². The molecule has 0 spiro atoms. The predicted molar refractivity (Wildman–Crippen MR) is 65.1 cm³/mol.